The number of nitro benzene ring substituents is 1. The molecule has 0 aliphatic heterocycles. The molecule has 1 amide bonds. The molecule has 0 spiro atoms. The van der Waals surface area contributed by atoms with Crippen LogP contribution in [0.1, 0.15) is 10.4 Å². The van der Waals surface area contributed by atoms with Gasteiger partial charge in [-0.2, -0.15) is 0 Å². The lowest BCUT2D eigenvalue weighted by molar-refractivity contribution is -0.385. The lowest BCUT2D eigenvalue weighted by Crippen LogP contribution is -2.18. The van der Waals surface area contributed by atoms with Crippen molar-refractivity contribution in [2.45, 2.75) is 4.90 Å². The third-order valence-corrected chi connectivity index (χ3v) is 5.87. The largest absolute Gasteiger partial charge is 0.423 e. The van der Waals surface area contributed by atoms with E-state index in [9.17, 15) is 23.3 Å². The van der Waals surface area contributed by atoms with Crippen molar-refractivity contribution >= 4 is 33.0 Å². The van der Waals surface area contributed by atoms with E-state index in [0.717, 1.165) is 6.07 Å². The van der Waals surface area contributed by atoms with E-state index < -0.39 is 20.9 Å². The molecule has 1 heterocycles. The summed E-state index contributed by atoms with van der Waals surface area (Å²) in [5.74, 6) is -0.230. The number of nitrogens with zero attached hydrogens (tertiary/aromatic N) is 3. The van der Waals surface area contributed by atoms with Crippen molar-refractivity contribution in [2.75, 3.05) is 10.0 Å². The number of carbonyl (C=O) groups excluding carboxylic acids is 1. The second kappa shape index (κ2) is 8.88. The van der Waals surface area contributed by atoms with Crippen molar-refractivity contribution in [3.8, 4) is 11.5 Å². The lowest BCUT2D eigenvalue weighted by Gasteiger charge is -2.13. The summed E-state index contributed by atoms with van der Waals surface area (Å²) < 4.78 is 33.0. The van der Waals surface area contributed by atoms with Crippen LogP contribution in [0.5, 0.6) is 0 Å². The minimum Gasteiger partial charge on any atom is -0.423 e. The van der Waals surface area contributed by atoms with Crippen LogP contribution in [0.25, 0.3) is 11.5 Å². The van der Waals surface area contributed by atoms with Crippen molar-refractivity contribution in [2.24, 2.45) is 0 Å². The molecule has 0 aliphatic carbocycles. The molecule has 4 rings (SSSR count). The highest BCUT2D eigenvalue weighted by atomic mass is 32.2. The van der Waals surface area contributed by atoms with E-state index in [1.54, 1.807) is 36.4 Å². The molecule has 33 heavy (non-hydrogen) atoms. The maximum absolute atomic E-state index is 12.8. The Kier molecular flexibility index (Phi) is 5.83. The second-order valence-corrected chi connectivity index (χ2v) is 8.36. The molecule has 0 fully saturated rings. The Balaban J connectivity index is 1.55. The van der Waals surface area contributed by atoms with Crippen molar-refractivity contribution < 1.29 is 22.6 Å². The predicted octanol–water partition coefficient (Wildman–Crippen LogP) is 3.70. The fourth-order valence-corrected chi connectivity index (χ4v) is 4.05. The molecule has 0 radical (unpaired) electrons. The Bertz CT molecular complexity index is 1420. The number of sulfonamides is 1. The third kappa shape index (κ3) is 4.85. The average molecular weight is 465 g/mol. The lowest BCUT2D eigenvalue weighted by atomic mass is 10.1. The number of nitro groups is 1. The van der Waals surface area contributed by atoms with Crippen molar-refractivity contribution in [1.82, 2.24) is 10.2 Å². The Hall–Kier alpha value is -4.58. The smallest absolute Gasteiger partial charge is 0.270 e. The van der Waals surface area contributed by atoms with E-state index in [0.29, 0.717) is 17.1 Å². The van der Waals surface area contributed by atoms with Gasteiger partial charge in [0, 0.05) is 23.4 Å². The Morgan fingerprint density at radius 2 is 1.76 bits per heavy atom. The number of carbonyl (C=O) groups is 1. The predicted molar refractivity (Wildman–Crippen MR) is 118 cm³/mol. The summed E-state index contributed by atoms with van der Waals surface area (Å²) in [4.78, 5) is 22.8. The number of aromatic nitrogens is 2. The summed E-state index contributed by atoms with van der Waals surface area (Å²) in [5.41, 5.74) is 0.833. The van der Waals surface area contributed by atoms with Crippen molar-refractivity contribution in [3.05, 3.63) is 94.9 Å². The number of para-hydroxylation sites is 1. The first-order valence-electron chi connectivity index (χ1n) is 9.38. The normalized spacial score (nSPS) is 11.0. The third-order valence-electron chi connectivity index (χ3n) is 4.50. The highest BCUT2D eigenvalue weighted by Crippen LogP contribution is 2.24. The molecule has 0 saturated carbocycles. The molecule has 11 nitrogen and oxygen atoms in total. The molecule has 3 aromatic carbocycles. The molecule has 0 saturated heterocycles. The van der Waals surface area contributed by atoms with Gasteiger partial charge in [-0.1, -0.05) is 18.2 Å². The van der Waals surface area contributed by atoms with Crippen LogP contribution in [-0.2, 0) is 10.0 Å². The van der Waals surface area contributed by atoms with Crippen LogP contribution in [0.15, 0.2) is 88.5 Å². The van der Waals surface area contributed by atoms with Gasteiger partial charge >= 0.3 is 0 Å². The van der Waals surface area contributed by atoms with Gasteiger partial charge in [0.1, 0.15) is 0 Å². The topological polar surface area (TPSA) is 157 Å². The van der Waals surface area contributed by atoms with Gasteiger partial charge in [0.25, 0.3) is 21.6 Å². The van der Waals surface area contributed by atoms with Gasteiger partial charge in [-0.3, -0.25) is 19.6 Å². The molecule has 0 atom stereocenters. The van der Waals surface area contributed by atoms with Crippen LogP contribution in [0.2, 0.25) is 0 Å². The van der Waals surface area contributed by atoms with Crippen molar-refractivity contribution in [1.29, 1.82) is 0 Å². The maximum Gasteiger partial charge on any atom is 0.270 e. The van der Waals surface area contributed by atoms with E-state index in [4.69, 9.17) is 4.42 Å². The van der Waals surface area contributed by atoms with Crippen LogP contribution in [0.4, 0.5) is 17.1 Å². The summed E-state index contributed by atoms with van der Waals surface area (Å²) >= 11 is 0. The fraction of sp³-hybridized carbons (Fsp3) is 0. The van der Waals surface area contributed by atoms with Crippen molar-refractivity contribution in [3.63, 3.8) is 0 Å². The molecule has 12 heteroatoms. The van der Waals surface area contributed by atoms with Gasteiger partial charge in [0.15, 0.2) is 0 Å². The fourth-order valence-electron chi connectivity index (χ4n) is 2.93. The minimum absolute atomic E-state index is 0.0176. The molecule has 0 unspecified atom stereocenters. The van der Waals surface area contributed by atoms with Crippen LogP contribution in [0.3, 0.4) is 0 Å². The molecule has 0 bridgehead atoms. The first-order chi connectivity index (χ1) is 15.8. The van der Waals surface area contributed by atoms with E-state index in [-0.39, 0.29) is 21.8 Å². The summed E-state index contributed by atoms with van der Waals surface area (Å²) in [7, 11) is -4.19. The van der Waals surface area contributed by atoms with E-state index in [2.05, 4.69) is 20.2 Å². The van der Waals surface area contributed by atoms with Gasteiger partial charge in [0.05, 0.1) is 21.1 Å². The Morgan fingerprint density at radius 3 is 2.45 bits per heavy atom. The van der Waals surface area contributed by atoms with Gasteiger partial charge in [-0.05, 0) is 42.5 Å². The number of anilines is 2. The van der Waals surface area contributed by atoms with E-state index in [1.165, 1.54) is 36.7 Å². The van der Waals surface area contributed by atoms with Gasteiger partial charge < -0.3 is 9.73 Å². The number of non-ortho nitro benzene ring substituents is 1. The van der Waals surface area contributed by atoms with Gasteiger partial charge in [-0.25, -0.2) is 8.42 Å². The molecule has 1 aromatic heterocycles. The molecule has 2 N–H and O–H groups in total. The molecular weight excluding hydrogens is 450 g/mol. The Labute approximate surface area is 187 Å². The van der Waals surface area contributed by atoms with Gasteiger partial charge in [-0.15, -0.1) is 10.2 Å². The molecule has 4 aromatic rings. The van der Waals surface area contributed by atoms with E-state index in [1.807, 2.05) is 0 Å². The number of rotatable bonds is 7. The zero-order valence-corrected chi connectivity index (χ0v) is 17.5. The maximum atomic E-state index is 12.8. The number of amides is 1. The number of hydrogen-bond donors (Lipinski definition) is 2. The zero-order valence-electron chi connectivity index (χ0n) is 16.7. The summed E-state index contributed by atoms with van der Waals surface area (Å²) in [5, 5.41) is 21.1. The minimum atomic E-state index is -4.19. The van der Waals surface area contributed by atoms with Crippen LogP contribution < -0.4 is 10.0 Å². The number of nitrogens with one attached hydrogen (secondary N) is 2. The van der Waals surface area contributed by atoms with E-state index >= 15 is 0 Å². The van der Waals surface area contributed by atoms with Crippen LogP contribution in [-0.4, -0.2) is 29.4 Å². The van der Waals surface area contributed by atoms with Crippen LogP contribution in [0, 0.1) is 10.1 Å². The standard InChI is InChI=1S/C21H15N5O6S/c27-20(23-15-10-8-14(9-11-15)21-24-22-13-32-21)18-6-1-2-7-19(18)25-33(30,31)17-5-3-4-16(12-17)26(28)29/h1-13,25H,(H,23,27). The first-order valence-corrected chi connectivity index (χ1v) is 10.9. The summed E-state index contributed by atoms with van der Waals surface area (Å²) in [6.45, 7) is 0. The quantitative estimate of drug-likeness (QED) is 0.309. The van der Waals surface area contributed by atoms with Gasteiger partial charge in [0.2, 0.25) is 12.3 Å². The molecule has 166 valence electrons. The summed E-state index contributed by atoms with van der Waals surface area (Å²) in [6.07, 6.45) is 1.21. The molecule has 0 aliphatic rings. The highest BCUT2D eigenvalue weighted by molar-refractivity contribution is 7.92. The zero-order chi connectivity index (χ0) is 23.4. The summed E-state index contributed by atoms with van der Waals surface area (Å²) in [6, 6.07) is 17.3. The second-order valence-electron chi connectivity index (χ2n) is 6.68. The molecular formula is C21H15N5O6S. The average Bonchev–Trinajstić information content (AvgIpc) is 3.35. The number of benzene rings is 3. The van der Waals surface area contributed by atoms with Crippen LogP contribution >= 0.6 is 0 Å². The SMILES string of the molecule is O=C(Nc1ccc(-c2nnco2)cc1)c1ccccc1NS(=O)(=O)c1cccc([N+](=O)[O-])c1. The highest BCUT2D eigenvalue weighted by Gasteiger charge is 2.21. The Morgan fingerprint density at radius 1 is 1.00 bits per heavy atom. The number of hydrogen-bond acceptors (Lipinski definition) is 8. The first kappa shape index (κ1) is 21.6. The monoisotopic (exact) mass is 465 g/mol.